The number of nitrogens with zero attached hydrogens (tertiary/aromatic N) is 4. The van der Waals surface area contributed by atoms with Crippen molar-refractivity contribution in [2.45, 2.75) is 19.1 Å². The average Bonchev–Trinajstić information content (AvgIpc) is 3.24. The van der Waals surface area contributed by atoms with Gasteiger partial charge in [-0.25, -0.2) is 14.5 Å². The Morgan fingerprint density at radius 1 is 1.33 bits per heavy atom. The van der Waals surface area contributed by atoms with Crippen molar-refractivity contribution in [3.05, 3.63) is 48.8 Å². The summed E-state index contributed by atoms with van der Waals surface area (Å²) in [5.41, 5.74) is 2.67. The van der Waals surface area contributed by atoms with Crippen LogP contribution in [0.25, 0.3) is 27.7 Å². The molecular formula is C17H13F3N6O. The van der Waals surface area contributed by atoms with Gasteiger partial charge in [0.05, 0.1) is 17.3 Å². The number of H-pyrrole nitrogens is 1. The fourth-order valence-corrected chi connectivity index (χ4v) is 2.78. The normalized spacial score (nSPS) is 13.2. The van der Waals surface area contributed by atoms with Gasteiger partial charge in [0, 0.05) is 29.5 Å². The van der Waals surface area contributed by atoms with Gasteiger partial charge < -0.3 is 10.3 Å². The predicted octanol–water partition coefficient (Wildman–Crippen LogP) is 2.95. The minimum Gasteiger partial charge on any atom is -0.345 e. The molecule has 0 bridgehead atoms. The maximum atomic E-state index is 12.7. The van der Waals surface area contributed by atoms with Gasteiger partial charge in [0.1, 0.15) is 18.0 Å². The van der Waals surface area contributed by atoms with Gasteiger partial charge in [-0.3, -0.25) is 4.79 Å². The van der Waals surface area contributed by atoms with Crippen LogP contribution in [0.4, 0.5) is 13.2 Å². The second-order valence-corrected chi connectivity index (χ2v) is 6.03. The Balaban J connectivity index is 1.74. The molecule has 4 aromatic rings. The van der Waals surface area contributed by atoms with Crippen LogP contribution in [0.2, 0.25) is 0 Å². The summed E-state index contributed by atoms with van der Waals surface area (Å²) in [6.45, 7) is 0.890. The van der Waals surface area contributed by atoms with Crippen LogP contribution in [0.1, 0.15) is 17.3 Å². The zero-order chi connectivity index (χ0) is 19.2. The number of pyridine rings is 1. The van der Waals surface area contributed by atoms with Gasteiger partial charge in [0.15, 0.2) is 0 Å². The highest BCUT2D eigenvalue weighted by atomic mass is 19.4. The Bertz CT molecular complexity index is 1150. The predicted molar refractivity (Wildman–Crippen MR) is 91.1 cm³/mol. The molecule has 0 spiro atoms. The van der Waals surface area contributed by atoms with Crippen LogP contribution < -0.4 is 5.32 Å². The highest BCUT2D eigenvalue weighted by molar-refractivity contribution is 6.02. The Hall–Kier alpha value is -3.43. The number of halogens is 3. The first-order chi connectivity index (χ1) is 12.8. The summed E-state index contributed by atoms with van der Waals surface area (Å²) in [7, 11) is 0. The molecule has 4 heterocycles. The Labute approximate surface area is 150 Å². The van der Waals surface area contributed by atoms with Crippen molar-refractivity contribution in [1.29, 1.82) is 0 Å². The molecular weight excluding hydrogens is 361 g/mol. The van der Waals surface area contributed by atoms with E-state index in [0.29, 0.717) is 11.2 Å². The van der Waals surface area contributed by atoms with Gasteiger partial charge in [-0.05, 0) is 24.6 Å². The first-order valence-corrected chi connectivity index (χ1v) is 7.97. The minimum atomic E-state index is -4.52. The minimum absolute atomic E-state index is 0.0593. The largest absolute Gasteiger partial charge is 0.408 e. The van der Waals surface area contributed by atoms with Crippen molar-refractivity contribution in [3.63, 3.8) is 0 Å². The molecule has 0 saturated heterocycles. The van der Waals surface area contributed by atoms with Gasteiger partial charge in [-0.1, -0.05) is 0 Å². The fourth-order valence-electron chi connectivity index (χ4n) is 2.78. The lowest BCUT2D eigenvalue weighted by atomic mass is 10.1. The number of aromatic amines is 1. The number of hydrogen-bond acceptors (Lipinski definition) is 4. The molecule has 0 aromatic carbocycles. The molecule has 0 fully saturated rings. The summed E-state index contributed by atoms with van der Waals surface area (Å²) in [5.74, 6) is -0.839. The molecule has 7 nitrogen and oxygen atoms in total. The van der Waals surface area contributed by atoms with E-state index in [1.807, 2.05) is 5.32 Å². The zero-order valence-corrected chi connectivity index (χ0v) is 13.9. The van der Waals surface area contributed by atoms with Gasteiger partial charge >= 0.3 is 6.18 Å². The number of nitrogens with one attached hydrogen (secondary N) is 2. The van der Waals surface area contributed by atoms with Crippen LogP contribution in [0.5, 0.6) is 0 Å². The lowest BCUT2D eigenvalue weighted by Gasteiger charge is -2.16. The lowest BCUT2D eigenvalue weighted by molar-refractivity contribution is -0.149. The number of amides is 1. The number of carbonyl (C=O) groups excluding carboxylic acids is 1. The molecule has 0 saturated carbocycles. The Morgan fingerprint density at radius 3 is 2.93 bits per heavy atom. The molecule has 0 aliphatic rings. The highest BCUT2D eigenvalue weighted by Crippen LogP contribution is 2.28. The standard InChI is InChI=1S/C17H13F3N6O/c1-9(17(18,19)20)25-16(27)13-7-24-26-3-2-10(4-14(13)26)11-6-22-15-12(11)5-21-8-23-15/h2-9H,1H3,(H,25,27)(H,21,22,23)/t9-/m1/s1. The third kappa shape index (κ3) is 2.98. The molecule has 27 heavy (non-hydrogen) atoms. The summed E-state index contributed by atoms with van der Waals surface area (Å²) >= 11 is 0. The number of fused-ring (bicyclic) bond motifs is 2. The molecule has 1 atom stereocenters. The second-order valence-electron chi connectivity index (χ2n) is 6.03. The van der Waals surface area contributed by atoms with Gasteiger partial charge in [0.2, 0.25) is 0 Å². The molecule has 0 unspecified atom stereocenters. The Kier molecular flexibility index (Phi) is 3.83. The van der Waals surface area contributed by atoms with E-state index < -0.39 is 18.1 Å². The van der Waals surface area contributed by atoms with E-state index in [1.54, 1.807) is 30.7 Å². The maximum Gasteiger partial charge on any atom is 0.408 e. The summed E-state index contributed by atoms with van der Waals surface area (Å²) < 4.78 is 39.6. The topological polar surface area (TPSA) is 88.0 Å². The highest BCUT2D eigenvalue weighted by Gasteiger charge is 2.37. The SMILES string of the molecule is C[C@@H](NC(=O)c1cnn2ccc(-c3c[nH]c4ncncc34)cc12)C(F)(F)F. The number of aromatic nitrogens is 5. The second kappa shape index (κ2) is 6.08. The summed E-state index contributed by atoms with van der Waals surface area (Å²) in [5, 5.41) is 6.78. The van der Waals surface area contributed by atoms with Crippen LogP contribution in [0.15, 0.2) is 43.2 Å². The molecule has 10 heteroatoms. The Morgan fingerprint density at radius 2 is 2.15 bits per heavy atom. The average molecular weight is 374 g/mol. The number of carbonyl (C=O) groups is 1. The van der Waals surface area contributed by atoms with E-state index >= 15 is 0 Å². The van der Waals surface area contributed by atoms with E-state index in [9.17, 15) is 18.0 Å². The first kappa shape index (κ1) is 17.0. The molecule has 4 aromatic heterocycles. The molecule has 0 radical (unpaired) electrons. The van der Waals surface area contributed by atoms with Gasteiger partial charge in [-0.15, -0.1) is 0 Å². The van der Waals surface area contributed by atoms with Gasteiger partial charge in [0.25, 0.3) is 5.91 Å². The van der Waals surface area contributed by atoms with E-state index in [1.165, 1.54) is 17.0 Å². The smallest absolute Gasteiger partial charge is 0.345 e. The van der Waals surface area contributed by atoms with Crippen LogP contribution >= 0.6 is 0 Å². The summed E-state index contributed by atoms with van der Waals surface area (Å²) in [6.07, 6.45) is 3.20. The van der Waals surface area contributed by atoms with Crippen molar-refractivity contribution in [2.75, 3.05) is 0 Å². The van der Waals surface area contributed by atoms with Crippen LogP contribution in [-0.2, 0) is 0 Å². The quantitative estimate of drug-likeness (QED) is 0.577. The van der Waals surface area contributed by atoms with Crippen molar-refractivity contribution in [2.24, 2.45) is 0 Å². The lowest BCUT2D eigenvalue weighted by Crippen LogP contribution is -2.43. The molecule has 1 amide bonds. The molecule has 138 valence electrons. The third-order valence-corrected chi connectivity index (χ3v) is 4.27. The van der Waals surface area contributed by atoms with E-state index in [0.717, 1.165) is 23.4 Å². The summed E-state index contributed by atoms with van der Waals surface area (Å²) in [4.78, 5) is 23.5. The van der Waals surface area contributed by atoms with Crippen LogP contribution in [0, 0.1) is 0 Å². The number of rotatable bonds is 3. The zero-order valence-electron chi connectivity index (χ0n) is 13.9. The first-order valence-electron chi connectivity index (χ1n) is 7.97. The van der Waals surface area contributed by atoms with Crippen LogP contribution in [-0.4, -0.2) is 42.7 Å². The summed E-state index contributed by atoms with van der Waals surface area (Å²) in [6, 6.07) is 1.51. The maximum absolute atomic E-state index is 12.7. The monoisotopic (exact) mass is 374 g/mol. The number of hydrogen-bond donors (Lipinski definition) is 2. The van der Waals surface area contributed by atoms with Crippen molar-refractivity contribution in [1.82, 2.24) is 29.9 Å². The van der Waals surface area contributed by atoms with Crippen molar-refractivity contribution in [3.8, 4) is 11.1 Å². The van der Waals surface area contributed by atoms with Crippen molar-refractivity contribution < 1.29 is 18.0 Å². The third-order valence-electron chi connectivity index (χ3n) is 4.27. The molecule has 2 N–H and O–H groups in total. The van der Waals surface area contributed by atoms with Crippen molar-refractivity contribution >= 4 is 22.5 Å². The van der Waals surface area contributed by atoms with E-state index in [-0.39, 0.29) is 5.56 Å². The molecule has 4 rings (SSSR count). The van der Waals surface area contributed by atoms with Crippen LogP contribution in [0.3, 0.4) is 0 Å². The molecule has 0 aliphatic carbocycles. The fraction of sp³-hybridized carbons (Fsp3) is 0.176. The number of alkyl halides is 3. The van der Waals surface area contributed by atoms with Gasteiger partial charge in [-0.2, -0.15) is 18.3 Å². The van der Waals surface area contributed by atoms with E-state index in [2.05, 4.69) is 20.1 Å². The van der Waals surface area contributed by atoms with E-state index in [4.69, 9.17) is 0 Å². The molecule has 0 aliphatic heterocycles.